The summed E-state index contributed by atoms with van der Waals surface area (Å²) in [6.07, 6.45) is 4.18. The summed E-state index contributed by atoms with van der Waals surface area (Å²) in [5.74, 6) is 1.27. The van der Waals surface area contributed by atoms with Crippen LogP contribution in [0.1, 0.15) is 17.5 Å². The fraction of sp³-hybridized carbons (Fsp3) is 0.318. The van der Waals surface area contributed by atoms with Gasteiger partial charge in [0.2, 0.25) is 5.91 Å². The van der Waals surface area contributed by atoms with Crippen LogP contribution in [0.2, 0.25) is 0 Å². The van der Waals surface area contributed by atoms with E-state index >= 15 is 0 Å². The van der Waals surface area contributed by atoms with E-state index in [0.717, 1.165) is 25.1 Å². The largest absolute Gasteiger partial charge is 0.497 e. The molecule has 1 N–H and O–H groups in total. The topological polar surface area (TPSA) is 50.8 Å². The summed E-state index contributed by atoms with van der Waals surface area (Å²) in [5.41, 5.74) is 2.14. The van der Waals surface area contributed by atoms with Gasteiger partial charge in [0.25, 0.3) is 0 Å². The number of rotatable bonds is 10. The molecular weight excluding hydrogens is 340 g/mol. The first-order valence-electron chi connectivity index (χ1n) is 9.02. The molecule has 0 spiro atoms. The lowest BCUT2D eigenvalue weighted by molar-refractivity contribution is -0.116. The van der Waals surface area contributed by atoms with Gasteiger partial charge in [-0.1, -0.05) is 30.3 Å². The van der Waals surface area contributed by atoms with E-state index in [0.29, 0.717) is 18.0 Å². The predicted octanol–water partition coefficient (Wildman–Crippen LogP) is 3.36. The van der Waals surface area contributed by atoms with Crippen molar-refractivity contribution in [1.29, 1.82) is 0 Å². The lowest BCUT2D eigenvalue weighted by atomic mass is 10.2. The van der Waals surface area contributed by atoms with Crippen LogP contribution in [-0.2, 0) is 11.3 Å². The third-order valence-electron chi connectivity index (χ3n) is 4.11. The van der Waals surface area contributed by atoms with Gasteiger partial charge in [0.1, 0.15) is 11.5 Å². The van der Waals surface area contributed by atoms with E-state index in [-0.39, 0.29) is 5.91 Å². The number of hydrogen-bond acceptors (Lipinski definition) is 4. The Morgan fingerprint density at radius 1 is 1.07 bits per heavy atom. The van der Waals surface area contributed by atoms with E-state index in [9.17, 15) is 4.79 Å². The van der Waals surface area contributed by atoms with E-state index in [1.807, 2.05) is 30.3 Å². The Bertz CT molecular complexity index is 722. The minimum Gasteiger partial charge on any atom is -0.497 e. The molecule has 0 aliphatic heterocycles. The lowest BCUT2D eigenvalue weighted by Crippen LogP contribution is -2.26. The highest BCUT2D eigenvalue weighted by atomic mass is 16.5. The number of carbonyl (C=O) groups excluding carboxylic acids is 1. The van der Waals surface area contributed by atoms with Crippen molar-refractivity contribution >= 4 is 12.0 Å². The zero-order chi connectivity index (χ0) is 19.5. The van der Waals surface area contributed by atoms with Crippen molar-refractivity contribution < 1.29 is 14.3 Å². The Morgan fingerprint density at radius 3 is 2.37 bits per heavy atom. The second-order valence-corrected chi connectivity index (χ2v) is 6.35. The second-order valence-electron chi connectivity index (χ2n) is 6.35. The van der Waals surface area contributed by atoms with Crippen LogP contribution in [0.5, 0.6) is 11.5 Å². The van der Waals surface area contributed by atoms with E-state index < -0.39 is 0 Å². The predicted molar refractivity (Wildman–Crippen MR) is 109 cm³/mol. The molecule has 0 saturated heterocycles. The SMILES string of the molecule is COc1cc(C=CC(=O)NCCCN(C)Cc2ccccc2)cc(OC)c1. The molecule has 5 nitrogen and oxygen atoms in total. The second kappa shape index (κ2) is 11.0. The molecule has 2 aromatic rings. The van der Waals surface area contributed by atoms with Gasteiger partial charge >= 0.3 is 0 Å². The van der Waals surface area contributed by atoms with Crippen LogP contribution in [0, 0.1) is 0 Å². The summed E-state index contributed by atoms with van der Waals surface area (Å²) in [6, 6.07) is 15.9. The van der Waals surface area contributed by atoms with Crippen LogP contribution in [0.15, 0.2) is 54.6 Å². The zero-order valence-electron chi connectivity index (χ0n) is 16.3. The molecular formula is C22H28N2O3. The van der Waals surface area contributed by atoms with Gasteiger partial charge in [0, 0.05) is 25.2 Å². The van der Waals surface area contributed by atoms with Crippen molar-refractivity contribution in [3.05, 3.63) is 65.7 Å². The van der Waals surface area contributed by atoms with E-state index in [1.54, 1.807) is 26.4 Å². The van der Waals surface area contributed by atoms with Crippen LogP contribution in [0.25, 0.3) is 6.08 Å². The summed E-state index contributed by atoms with van der Waals surface area (Å²) in [7, 11) is 5.29. The molecule has 2 rings (SSSR count). The summed E-state index contributed by atoms with van der Waals surface area (Å²) in [5, 5.41) is 2.91. The molecule has 5 heteroatoms. The first-order valence-corrected chi connectivity index (χ1v) is 9.02. The van der Waals surface area contributed by atoms with Crippen molar-refractivity contribution in [2.24, 2.45) is 0 Å². The molecule has 0 bridgehead atoms. The number of carbonyl (C=O) groups is 1. The van der Waals surface area contributed by atoms with Crippen molar-refractivity contribution in [3.63, 3.8) is 0 Å². The Hall–Kier alpha value is -2.79. The van der Waals surface area contributed by atoms with Gasteiger partial charge in [-0.3, -0.25) is 4.79 Å². The number of ether oxygens (including phenoxy) is 2. The standard InChI is InChI=1S/C22H28N2O3/c1-24(17-18-8-5-4-6-9-18)13-7-12-23-22(25)11-10-19-14-20(26-2)16-21(15-19)27-3/h4-6,8-11,14-16H,7,12-13,17H2,1-3H3,(H,23,25). The Morgan fingerprint density at radius 2 is 1.74 bits per heavy atom. The molecule has 144 valence electrons. The highest BCUT2D eigenvalue weighted by Gasteiger charge is 2.02. The number of nitrogens with zero attached hydrogens (tertiary/aromatic N) is 1. The maximum Gasteiger partial charge on any atom is 0.243 e. The molecule has 0 unspecified atom stereocenters. The van der Waals surface area contributed by atoms with Gasteiger partial charge in [-0.05, 0) is 49.3 Å². The van der Waals surface area contributed by atoms with Crippen molar-refractivity contribution in [2.75, 3.05) is 34.4 Å². The highest BCUT2D eigenvalue weighted by Crippen LogP contribution is 2.23. The Labute approximate surface area is 161 Å². The molecule has 2 aromatic carbocycles. The third kappa shape index (κ3) is 7.54. The molecule has 0 aliphatic rings. The maximum atomic E-state index is 12.0. The Kier molecular flexibility index (Phi) is 8.39. The average Bonchev–Trinajstić information content (AvgIpc) is 2.70. The summed E-state index contributed by atoms with van der Waals surface area (Å²) in [4.78, 5) is 14.2. The number of nitrogens with one attached hydrogen (secondary N) is 1. The smallest absolute Gasteiger partial charge is 0.243 e. The van der Waals surface area contributed by atoms with Crippen LogP contribution in [-0.4, -0.2) is 45.2 Å². The van der Waals surface area contributed by atoms with Gasteiger partial charge in [0.15, 0.2) is 0 Å². The summed E-state index contributed by atoms with van der Waals surface area (Å²) < 4.78 is 10.5. The number of amides is 1. The molecule has 0 fully saturated rings. The van der Waals surface area contributed by atoms with Gasteiger partial charge < -0.3 is 19.7 Å². The van der Waals surface area contributed by atoms with E-state index in [4.69, 9.17) is 9.47 Å². The molecule has 0 aromatic heterocycles. The fourth-order valence-electron chi connectivity index (χ4n) is 2.69. The van der Waals surface area contributed by atoms with Crippen LogP contribution in [0.3, 0.4) is 0 Å². The van der Waals surface area contributed by atoms with E-state index in [2.05, 4.69) is 29.4 Å². The number of benzene rings is 2. The number of hydrogen-bond donors (Lipinski definition) is 1. The van der Waals surface area contributed by atoms with Gasteiger partial charge in [-0.2, -0.15) is 0 Å². The van der Waals surface area contributed by atoms with Crippen LogP contribution in [0.4, 0.5) is 0 Å². The molecule has 0 heterocycles. The fourth-order valence-corrected chi connectivity index (χ4v) is 2.69. The minimum atomic E-state index is -0.109. The average molecular weight is 368 g/mol. The monoisotopic (exact) mass is 368 g/mol. The Balaban J connectivity index is 1.72. The third-order valence-corrected chi connectivity index (χ3v) is 4.11. The normalized spacial score (nSPS) is 11.0. The molecule has 0 atom stereocenters. The van der Waals surface area contributed by atoms with Crippen LogP contribution < -0.4 is 14.8 Å². The maximum absolute atomic E-state index is 12.0. The molecule has 0 aliphatic carbocycles. The first-order chi connectivity index (χ1) is 13.1. The molecule has 27 heavy (non-hydrogen) atoms. The molecule has 1 amide bonds. The van der Waals surface area contributed by atoms with Crippen molar-refractivity contribution in [1.82, 2.24) is 10.2 Å². The summed E-state index contributed by atoms with van der Waals surface area (Å²) >= 11 is 0. The number of methoxy groups -OCH3 is 2. The zero-order valence-corrected chi connectivity index (χ0v) is 16.3. The van der Waals surface area contributed by atoms with Gasteiger partial charge in [0.05, 0.1) is 14.2 Å². The van der Waals surface area contributed by atoms with Crippen molar-refractivity contribution in [3.8, 4) is 11.5 Å². The lowest BCUT2D eigenvalue weighted by Gasteiger charge is -2.16. The summed E-state index contributed by atoms with van der Waals surface area (Å²) in [6.45, 7) is 2.47. The quantitative estimate of drug-likeness (QED) is 0.516. The highest BCUT2D eigenvalue weighted by molar-refractivity contribution is 5.91. The van der Waals surface area contributed by atoms with Crippen LogP contribution >= 0.6 is 0 Å². The van der Waals surface area contributed by atoms with Crippen molar-refractivity contribution in [2.45, 2.75) is 13.0 Å². The first kappa shape index (κ1) is 20.5. The van der Waals surface area contributed by atoms with E-state index in [1.165, 1.54) is 11.6 Å². The molecule has 0 saturated carbocycles. The van der Waals surface area contributed by atoms with Gasteiger partial charge in [-0.15, -0.1) is 0 Å². The minimum absolute atomic E-state index is 0.109. The molecule has 0 radical (unpaired) electrons. The van der Waals surface area contributed by atoms with Gasteiger partial charge in [-0.25, -0.2) is 0 Å².